The predicted octanol–water partition coefficient (Wildman–Crippen LogP) is 2.24. The van der Waals surface area contributed by atoms with Crippen molar-refractivity contribution in [1.82, 2.24) is 24.8 Å². The molecule has 6 heteroatoms. The first-order chi connectivity index (χ1) is 13.8. The number of anilines is 1. The Hall–Kier alpha value is -2.05. The van der Waals surface area contributed by atoms with Crippen LogP contribution in [-0.4, -0.2) is 76.6 Å². The van der Waals surface area contributed by atoms with E-state index < -0.39 is 0 Å². The van der Waals surface area contributed by atoms with Crippen molar-refractivity contribution in [3.63, 3.8) is 0 Å². The van der Waals surface area contributed by atoms with Crippen molar-refractivity contribution in [3.05, 3.63) is 35.8 Å². The molecule has 0 amide bonds. The van der Waals surface area contributed by atoms with Gasteiger partial charge in [-0.3, -0.25) is 9.88 Å². The van der Waals surface area contributed by atoms with Gasteiger partial charge >= 0.3 is 0 Å². The summed E-state index contributed by atoms with van der Waals surface area (Å²) in [6.45, 7) is 10.5. The molecule has 6 nitrogen and oxygen atoms in total. The van der Waals surface area contributed by atoms with Crippen LogP contribution in [0, 0.1) is 0 Å². The quantitative estimate of drug-likeness (QED) is 0.813. The number of hydrogen-bond donors (Lipinski definition) is 0. The number of rotatable bonds is 4. The Morgan fingerprint density at radius 2 is 1.82 bits per heavy atom. The lowest BCUT2D eigenvalue weighted by molar-refractivity contribution is 0.107. The summed E-state index contributed by atoms with van der Waals surface area (Å²) in [4.78, 5) is 21.9. The van der Waals surface area contributed by atoms with Gasteiger partial charge < -0.3 is 9.80 Å². The normalized spacial score (nSPS) is 23.3. The smallest absolute Gasteiger partial charge is 0.161 e. The summed E-state index contributed by atoms with van der Waals surface area (Å²) >= 11 is 0. The Labute approximate surface area is 167 Å². The Morgan fingerprint density at radius 1 is 1.00 bits per heavy atom. The van der Waals surface area contributed by atoms with Crippen LogP contribution in [-0.2, 0) is 12.8 Å². The van der Waals surface area contributed by atoms with Crippen molar-refractivity contribution >= 4 is 5.82 Å². The summed E-state index contributed by atoms with van der Waals surface area (Å²) in [7, 11) is 0. The van der Waals surface area contributed by atoms with E-state index in [1.165, 1.54) is 62.6 Å². The van der Waals surface area contributed by atoms with Gasteiger partial charge in [0.05, 0.1) is 0 Å². The number of aromatic nitrogens is 3. The van der Waals surface area contributed by atoms with Gasteiger partial charge in [0.25, 0.3) is 0 Å². The van der Waals surface area contributed by atoms with E-state index >= 15 is 0 Å². The molecule has 5 rings (SSSR count). The molecule has 28 heavy (non-hydrogen) atoms. The van der Waals surface area contributed by atoms with E-state index in [0.717, 1.165) is 37.3 Å². The molecule has 0 aromatic carbocycles. The number of pyridine rings is 1. The minimum atomic E-state index is 0.662. The fraction of sp³-hybridized carbons (Fsp3) is 0.591. The molecule has 2 fully saturated rings. The molecule has 0 N–H and O–H groups in total. The van der Waals surface area contributed by atoms with Crippen LogP contribution in [0.15, 0.2) is 24.5 Å². The average Bonchev–Trinajstić information content (AvgIpc) is 3.43. The molecule has 1 aliphatic carbocycles. The standard InChI is InChI=1S/C22H30N6/c1-2-26-12-14-27(15-13-26)18-8-11-28(16-18)22-19-4-3-5-20(19)24-21(25-22)17-6-9-23-10-7-17/h6-7,9-10,18H,2-5,8,11-16H2,1H3. The number of piperazine rings is 1. The average molecular weight is 379 g/mol. The molecule has 0 spiro atoms. The number of likely N-dealkylation sites (N-methyl/N-ethyl adjacent to an activating group) is 1. The van der Waals surface area contributed by atoms with E-state index in [-0.39, 0.29) is 0 Å². The molecule has 1 atom stereocenters. The van der Waals surface area contributed by atoms with E-state index in [4.69, 9.17) is 9.97 Å². The highest BCUT2D eigenvalue weighted by molar-refractivity contribution is 5.61. The monoisotopic (exact) mass is 378 g/mol. The van der Waals surface area contributed by atoms with E-state index in [9.17, 15) is 0 Å². The molecule has 3 aliphatic rings. The van der Waals surface area contributed by atoms with Gasteiger partial charge in [-0.1, -0.05) is 6.92 Å². The van der Waals surface area contributed by atoms with Gasteiger partial charge in [-0.15, -0.1) is 0 Å². The van der Waals surface area contributed by atoms with Gasteiger partial charge in [-0.2, -0.15) is 0 Å². The topological polar surface area (TPSA) is 48.4 Å². The van der Waals surface area contributed by atoms with Crippen LogP contribution in [0.5, 0.6) is 0 Å². The molecule has 2 aromatic heterocycles. The lowest BCUT2D eigenvalue weighted by Gasteiger charge is -2.37. The maximum absolute atomic E-state index is 5.06. The minimum absolute atomic E-state index is 0.662. The van der Waals surface area contributed by atoms with Crippen LogP contribution in [0.2, 0.25) is 0 Å². The van der Waals surface area contributed by atoms with Crippen molar-refractivity contribution in [2.75, 3.05) is 50.7 Å². The highest BCUT2D eigenvalue weighted by Crippen LogP contribution is 2.33. The number of nitrogens with zero attached hydrogens (tertiary/aromatic N) is 6. The molecule has 2 saturated heterocycles. The summed E-state index contributed by atoms with van der Waals surface area (Å²) in [5.74, 6) is 2.06. The maximum Gasteiger partial charge on any atom is 0.161 e. The lowest BCUT2D eigenvalue weighted by Crippen LogP contribution is -2.50. The van der Waals surface area contributed by atoms with Crippen LogP contribution in [0.3, 0.4) is 0 Å². The first-order valence-electron chi connectivity index (χ1n) is 10.8. The maximum atomic E-state index is 5.06. The van der Waals surface area contributed by atoms with Crippen molar-refractivity contribution in [3.8, 4) is 11.4 Å². The van der Waals surface area contributed by atoms with Crippen LogP contribution < -0.4 is 4.90 Å². The summed E-state index contributed by atoms with van der Waals surface area (Å²) < 4.78 is 0. The number of hydrogen-bond acceptors (Lipinski definition) is 6. The van der Waals surface area contributed by atoms with Crippen LogP contribution in [0.25, 0.3) is 11.4 Å². The molecule has 0 bridgehead atoms. The van der Waals surface area contributed by atoms with Gasteiger partial charge in [0.2, 0.25) is 0 Å². The molecule has 148 valence electrons. The third kappa shape index (κ3) is 3.40. The highest BCUT2D eigenvalue weighted by atomic mass is 15.3. The largest absolute Gasteiger partial charge is 0.355 e. The number of aryl methyl sites for hydroxylation is 1. The highest BCUT2D eigenvalue weighted by Gasteiger charge is 2.32. The molecule has 2 aromatic rings. The van der Waals surface area contributed by atoms with Crippen molar-refractivity contribution in [2.45, 2.75) is 38.6 Å². The van der Waals surface area contributed by atoms with E-state index in [0.29, 0.717) is 6.04 Å². The lowest BCUT2D eigenvalue weighted by atomic mass is 10.2. The fourth-order valence-corrected chi connectivity index (χ4v) is 4.98. The Kier molecular flexibility index (Phi) is 4.99. The summed E-state index contributed by atoms with van der Waals surface area (Å²) in [6, 6.07) is 4.69. The first kappa shape index (κ1) is 18.0. The minimum Gasteiger partial charge on any atom is -0.355 e. The van der Waals surface area contributed by atoms with E-state index in [2.05, 4.69) is 26.6 Å². The third-order valence-electron chi connectivity index (χ3n) is 6.68. The molecule has 2 aliphatic heterocycles. The zero-order valence-corrected chi connectivity index (χ0v) is 16.8. The third-order valence-corrected chi connectivity index (χ3v) is 6.68. The van der Waals surface area contributed by atoms with E-state index in [1.807, 2.05) is 24.5 Å². The van der Waals surface area contributed by atoms with Gasteiger partial charge in [0, 0.05) is 74.5 Å². The zero-order chi connectivity index (χ0) is 18.9. The summed E-state index contributed by atoms with van der Waals surface area (Å²) in [5.41, 5.74) is 3.73. The summed E-state index contributed by atoms with van der Waals surface area (Å²) in [5, 5.41) is 0. The molecule has 4 heterocycles. The van der Waals surface area contributed by atoms with E-state index in [1.54, 1.807) is 0 Å². The Morgan fingerprint density at radius 3 is 2.61 bits per heavy atom. The van der Waals surface area contributed by atoms with Crippen LogP contribution >= 0.6 is 0 Å². The zero-order valence-electron chi connectivity index (χ0n) is 16.8. The molecule has 1 unspecified atom stereocenters. The van der Waals surface area contributed by atoms with Crippen molar-refractivity contribution in [2.24, 2.45) is 0 Å². The molecule has 0 radical (unpaired) electrons. The Balaban J connectivity index is 1.37. The van der Waals surface area contributed by atoms with Gasteiger partial charge in [0.15, 0.2) is 5.82 Å². The van der Waals surface area contributed by atoms with Gasteiger partial charge in [-0.25, -0.2) is 9.97 Å². The second-order valence-electron chi connectivity index (χ2n) is 8.24. The van der Waals surface area contributed by atoms with Crippen LogP contribution in [0.1, 0.15) is 31.0 Å². The van der Waals surface area contributed by atoms with Crippen molar-refractivity contribution < 1.29 is 0 Å². The molecular formula is C22H30N6. The second kappa shape index (κ2) is 7.76. The number of fused-ring (bicyclic) bond motifs is 1. The first-order valence-corrected chi connectivity index (χ1v) is 10.8. The van der Waals surface area contributed by atoms with Gasteiger partial charge in [-0.05, 0) is 44.4 Å². The fourth-order valence-electron chi connectivity index (χ4n) is 4.98. The predicted molar refractivity (Wildman–Crippen MR) is 112 cm³/mol. The van der Waals surface area contributed by atoms with Gasteiger partial charge in [0.1, 0.15) is 5.82 Å². The molecule has 0 saturated carbocycles. The summed E-state index contributed by atoms with van der Waals surface area (Å²) in [6.07, 6.45) is 8.31. The Bertz CT molecular complexity index is 815. The van der Waals surface area contributed by atoms with Crippen molar-refractivity contribution in [1.29, 1.82) is 0 Å². The molecular weight excluding hydrogens is 348 g/mol. The SMILES string of the molecule is CCN1CCN(C2CCN(c3nc(-c4ccncc4)nc4c3CCC4)C2)CC1. The second-order valence-corrected chi connectivity index (χ2v) is 8.24. The van der Waals surface area contributed by atoms with Crippen LogP contribution in [0.4, 0.5) is 5.82 Å².